The Bertz CT molecular complexity index is 499. The van der Waals surface area contributed by atoms with E-state index in [1.165, 1.54) is 18.3 Å². The van der Waals surface area contributed by atoms with E-state index in [2.05, 4.69) is 20.9 Å². The van der Waals surface area contributed by atoms with Gasteiger partial charge in [-0.15, -0.1) is 0 Å². The van der Waals surface area contributed by atoms with Gasteiger partial charge in [0.25, 0.3) is 0 Å². The molecule has 0 atom stereocenters. The van der Waals surface area contributed by atoms with Gasteiger partial charge in [-0.1, -0.05) is 0 Å². The number of anilines is 1. The molecule has 2 rings (SSSR count). The van der Waals surface area contributed by atoms with E-state index in [4.69, 9.17) is 10.5 Å². The smallest absolute Gasteiger partial charge is 0.146 e. The van der Waals surface area contributed by atoms with Gasteiger partial charge in [-0.2, -0.15) is 0 Å². The molecule has 3 nitrogen and oxygen atoms in total. The van der Waals surface area contributed by atoms with Gasteiger partial charge in [0.1, 0.15) is 17.3 Å². The quantitative estimate of drug-likeness (QED) is 0.860. The molecular formula is C11H8BrFN2O. The van der Waals surface area contributed by atoms with E-state index in [0.29, 0.717) is 17.2 Å². The Morgan fingerprint density at radius 3 is 2.62 bits per heavy atom. The molecule has 0 bridgehead atoms. The Morgan fingerprint density at radius 2 is 1.94 bits per heavy atom. The Kier molecular flexibility index (Phi) is 3.05. The lowest BCUT2D eigenvalue weighted by atomic mass is 10.3. The number of rotatable bonds is 2. The maximum atomic E-state index is 13.0. The van der Waals surface area contributed by atoms with Gasteiger partial charge in [0.05, 0.1) is 6.20 Å². The maximum Gasteiger partial charge on any atom is 0.146 e. The van der Waals surface area contributed by atoms with Crippen LogP contribution in [-0.2, 0) is 0 Å². The molecule has 0 aliphatic carbocycles. The van der Waals surface area contributed by atoms with Crippen LogP contribution in [0.2, 0.25) is 0 Å². The number of hydrogen-bond acceptors (Lipinski definition) is 3. The van der Waals surface area contributed by atoms with E-state index >= 15 is 0 Å². The monoisotopic (exact) mass is 282 g/mol. The second-order valence-corrected chi connectivity index (χ2v) is 4.08. The summed E-state index contributed by atoms with van der Waals surface area (Å²) in [4.78, 5) is 3.93. The third kappa shape index (κ3) is 2.70. The predicted octanol–water partition coefficient (Wildman–Crippen LogP) is 3.36. The fourth-order valence-electron chi connectivity index (χ4n) is 1.23. The van der Waals surface area contributed by atoms with Crippen LogP contribution in [0.15, 0.2) is 41.1 Å². The van der Waals surface area contributed by atoms with Crippen LogP contribution >= 0.6 is 15.9 Å². The fraction of sp³-hybridized carbons (Fsp3) is 0. The largest absolute Gasteiger partial charge is 0.456 e. The van der Waals surface area contributed by atoms with Crippen LogP contribution in [0.4, 0.5) is 10.1 Å². The van der Waals surface area contributed by atoms with Crippen molar-refractivity contribution < 1.29 is 9.13 Å². The summed E-state index contributed by atoms with van der Waals surface area (Å²) in [7, 11) is 0. The number of halogens is 2. The standard InChI is InChI=1S/C11H8BrFN2O/c12-7-1-11(6-15-5-7)16-10-3-8(13)2-9(14)4-10/h1-6H,14H2. The molecule has 0 unspecified atom stereocenters. The zero-order valence-corrected chi connectivity index (χ0v) is 9.74. The van der Waals surface area contributed by atoms with E-state index in [-0.39, 0.29) is 0 Å². The second-order valence-electron chi connectivity index (χ2n) is 3.16. The summed E-state index contributed by atoms with van der Waals surface area (Å²) in [6.07, 6.45) is 3.17. The van der Waals surface area contributed by atoms with Crippen LogP contribution in [0.25, 0.3) is 0 Å². The van der Waals surface area contributed by atoms with Gasteiger partial charge < -0.3 is 10.5 Å². The number of pyridine rings is 1. The highest BCUT2D eigenvalue weighted by Crippen LogP contribution is 2.25. The first kappa shape index (κ1) is 10.9. The summed E-state index contributed by atoms with van der Waals surface area (Å²) < 4.78 is 19.2. The highest BCUT2D eigenvalue weighted by Gasteiger charge is 2.02. The van der Waals surface area contributed by atoms with Crippen LogP contribution in [0.5, 0.6) is 11.5 Å². The first-order chi connectivity index (χ1) is 7.63. The van der Waals surface area contributed by atoms with Gasteiger partial charge >= 0.3 is 0 Å². The first-order valence-electron chi connectivity index (χ1n) is 4.48. The molecule has 0 amide bonds. The molecule has 1 aromatic carbocycles. The van der Waals surface area contributed by atoms with Gasteiger partial charge in [-0.25, -0.2) is 4.39 Å². The maximum absolute atomic E-state index is 13.0. The second kappa shape index (κ2) is 4.49. The third-order valence-corrected chi connectivity index (χ3v) is 2.24. The molecule has 2 aromatic rings. The SMILES string of the molecule is Nc1cc(F)cc(Oc2cncc(Br)c2)c1. The van der Waals surface area contributed by atoms with Crippen molar-refractivity contribution in [1.29, 1.82) is 0 Å². The lowest BCUT2D eigenvalue weighted by Gasteiger charge is -2.06. The van der Waals surface area contributed by atoms with E-state index in [9.17, 15) is 4.39 Å². The molecule has 0 radical (unpaired) electrons. The molecule has 16 heavy (non-hydrogen) atoms. The molecule has 0 spiro atoms. The van der Waals surface area contributed by atoms with E-state index in [1.54, 1.807) is 18.3 Å². The Hall–Kier alpha value is -1.62. The number of nitrogens with two attached hydrogens (primary N) is 1. The predicted molar refractivity (Wildman–Crippen MR) is 62.8 cm³/mol. The Balaban J connectivity index is 2.27. The lowest BCUT2D eigenvalue weighted by Crippen LogP contribution is -1.90. The van der Waals surface area contributed by atoms with Crippen molar-refractivity contribution >= 4 is 21.6 Å². The van der Waals surface area contributed by atoms with Crippen molar-refractivity contribution in [1.82, 2.24) is 4.98 Å². The zero-order chi connectivity index (χ0) is 11.5. The van der Waals surface area contributed by atoms with Gasteiger partial charge in [0.2, 0.25) is 0 Å². The summed E-state index contributed by atoms with van der Waals surface area (Å²) >= 11 is 3.26. The Morgan fingerprint density at radius 1 is 1.12 bits per heavy atom. The minimum absolute atomic E-state index is 0.318. The van der Waals surface area contributed by atoms with Gasteiger partial charge in [-0.3, -0.25) is 4.98 Å². The van der Waals surface area contributed by atoms with Crippen molar-refractivity contribution in [3.05, 3.63) is 46.9 Å². The highest BCUT2D eigenvalue weighted by molar-refractivity contribution is 9.10. The lowest BCUT2D eigenvalue weighted by molar-refractivity contribution is 0.474. The number of nitrogen functional groups attached to an aromatic ring is 1. The van der Waals surface area contributed by atoms with E-state index < -0.39 is 5.82 Å². The molecule has 0 aliphatic heterocycles. The minimum atomic E-state index is -0.432. The highest BCUT2D eigenvalue weighted by atomic mass is 79.9. The molecular weight excluding hydrogens is 275 g/mol. The summed E-state index contributed by atoms with van der Waals surface area (Å²) in [6, 6.07) is 5.77. The van der Waals surface area contributed by atoms with Crippen LogP contribution in [-0.4, -0.2) is 4.98 Å². The molecule has 1 heterocycles. The Labute approximate surface area is 100 Å². The molecule has 82 valence electrons. The summed E-state index contributed by atoms with van der Waals surface area (Å²) in [6.45, 7) is 0. The van der Waals surface area contributed by atoms with E-state index in [0.717, 1.165) is 4.47 Å². The average molecular weight is 283 g/mol. The van der Waals surface area contributed by atoms with Gasteiger partial charge in [0, 0.05) is 28.5 Å². The molecule has 1 aromatic heterocycles. The molecule has 5 heteroatoms. The van der Waals surface area contributed by atoms with Crippen molar-refractivity contribution in [3.63, 3.8) is 0 Å². The van der Waals surface area contributed by atoms with Crippen molar-refractivity contribution in [2.75, 3.05) is 5.73 Å². The fourth-order valence-corrected chi connectivity index (χ4v) is 1.57. The summed E-state index contributed by atoms with van der Waals surface area (Å²) in [5, 5.41) is 0. The van der Waals surface area contributed by atoms with Gasteiger partial charge in [0.15, 0.2) is 0 Å². The number of hydrogen-bond donors (Lipinski definition) is 1. The first-order valence-corrected chi connectivity index (χ1v) is 5.27. The molecule has 0 aliphatic rings. The van der Waals surface area contributed by atoms with Crippen LogP contribution in [0.1, 0.15) is 0 Å². The topological polar surface area (TPSA) is 48.1 Å². The van der Waals surface area contributed by atoms with Gasteiger partial charge in [-0.05, 0) is 28.1 Å². The molecule has 0 saturated heterocycles. The van der Waals surface area contributed by atoms with Crippen LogP contribution < -0.4 is 10.5 Å². The van der Waals surface area contributed by atoms with Crippen molar-refractivity contribution in [2.24, 2.45) is 0 Å². The summed E-state index contributed by atoms with van der Waals surface area (Å²) in [5.41, 5.74) is 5.82. The number of nitrogens with zero attached hydrogens (tertiary/aromatic N) is 1. The number of aromatic nitrogens is 1. The van der Waals surface area contributed by atoms with Crippen LogP contribution in [0.3, 0.4) is 0 Å². The summed E-state index contributed by atoms with van der Waals surface area (Å²) in [5.74, 6) is 0.426. The number of benzene rings is 1. The number of ether oxygens (including phenoxy) is 1. The average Bonchev–Trinajstić information content (AvgIpc) is 2.15. The zero-order valence-electron chi connectivity index (χ0n) is 8.15. The normalized spacial score (nSPS) is 10.1. The molecule has 0 fully saturated rings. The van der Waals surface area contributed by atoms with E-state index in [1.807, 2.05) is 0 Å². The molecule has 0 saturated carbocycles. The van der Waals surface area contributed by atoms with Crippen LogP contribution in [0, 0.1) is 5.82 Å². The third-order valence-electron chi connectivity index (χ3n) is 1.81. The molecule has 2 N–H and O–H groups in total. The minimum Gasteiger partial charge on any atom is -0.456 e. The van der Waals surface area contributed by atoms with Crippen molar-refractivity contribution in [3.8, 4) is 11.5 Å². The van der Waals surface area contributed by atoms with Crippen molar-refractivity contribution in [2.45, 2.75) is 0 Å².